The Bertz CT molecular complexity index is 1190. The smallest absolute Gasteiger partial charge is 0.255 e. The summed E-state index contributed by atoms with van der Waals surface area (Å²) in [5.74, 6) is -0.0882. The van der Waals surface area contributed by atoms with Crippen LogP contribution in [0.4, 0.5) is 4.39 Å². The van der Waals surface area contributed by atoms with Gasteiger partial charge in [-0.15, -0.1) is 0 Å². The lowest BCUT2D eigenvalue weighted by atomic mass is 10.0. The predicted molar refractivity (Wildman–Crippen MR) is 116 cm³/mol. The molecule has 1 aromatic heterocycles. The molecule has 8 nitrogen and oxygen atoms in total. The van der Waals surface area contributed by atoms with Gasteiger partial charge in [-0.2, -0.15) is 9.40 Å². The summed E-state index contributed by atoms with van der Waals surface area (Å²) in [5.41, 5.74) is 1.50. The number of nitrogens with zero attached hydrogens (tertiary/aromatic N) is 2. The number of H-pyrrole nitrogens is 1. The standard InChI is InChI=1S/C22H23FN4O4S/c1-31-18-6-8-19(9-7-18)32(29,30)27-12-10-17(11-13-27)25-22(28)20-14-24-26-21(20)15-2-4-16(23)5-3-15/h2-9,14,17H,10-13H2,1H3,(H,24,26)(H,25,28). The zero-order chi connectivity index (χ0) is 22.7. The molecule has 1 fully saturated rings. The zero-order valence-corrected chi connectivity index (χ0v) is 18.2. The molecule has 0 atom stereocenters. The number of benzene rings is 2. The van der Waals surface area contributed by atoms with E-state index in [1.54, 1.807) is 24.3 Å². The molecule has 1 aliphatic rings. The molecular weight excluding hydrogens is 435 g/mol. The Morgan fingerprint density at radius 2 is 1.78 bits per heavy atom. The van der Waals surface area contributed by atoms with Crippen molar-refractivity contribution in [2.75, 3.05) is 20.2 Å². The Labute approximate surface area is 185 Å². The SMILES string of the molecule is COc1ccc(S(=O)(=O)N2CCC(NC(=O)c3cn[nH]c3-c3ccc(F)cc3)CC2)cc1. The fourth-order valence-electron chi connectivity index (χ4n) is 3.70. The Hall–Kier alpha value is -3.24. The van der Waals surface area contributed by atoms with E-state index in [0.717, 1.165) is 0 Å². The molecule has 10 heteroatoms. The minimum absolute atomic E-state index is 0.166. The van der Waals surface area contributed by atoms with Gasteiger partial charge in [-0.3, -0.25) is 9.89 Å². The molecule has 3 aromatic rings. The van der Waals surface area contributed by atoms with Crippen LogP contribution in [0.1, 0.15) is 23.2 Å². The first-order valence-electron chi connectivity index (χ1n) is 10.1. The number of carbonyl (C=O) groups excluding carboxylic acids is 1. The number of ether oxygens (including phenoxy) is 1. The van der Waals surface area contributed by atoms with Crippen molar-refractivity contribution in [2.45, 2.75) is 23.8 Å². The van der Waals surface area contributed by atoms with Crippen molar-refractivity contribution in [1.82, 2.24) is 19.8 Å². The maximum Gasteiger partial charge on any atom is 0.255 e. The Morgan fingerprint density at radius 3 is 2.41 bits per heavy atom. The number of halogens is 1. The highest BCUT2D eigenvalue weighted by Crippen LogP contribution is 2.24. The molecule has 1 amide bonds. The Kier molecular flexibility index (Phi) is 6.24. The van der Waals surface area contributed by atoms with Crippen molar-refractivity contribution in [3.05, 3.63) is 66.1 Å². The van der Waals surface area contributed by atoms with Gasteiger partial charge in [0.2, 0.25) is 10.0 Å². The number of sulfonamides is 1. The fraction of sp³-hybridized carbons (Fsp3) is 0.273. The van der Waals surface area contributed by atoms with Crippen molar-refractivity contribution >= 4 is 15.9 Å². The van der Waals surface area contributed by atoms with E-state index < -0.39 is 10.0 Å². The number of aromatic amines is 1. The molecule has 0 bridgehead atoms. The molecule has 2 heterocycles. The molecule has 1 saturated heterocycles. The summed E-state index contributed by atoms with van der Waals surface area (Å²) in [6.45, 7) is 0.602. The number of rotatable bonds is 6. The van der Waals surface area contributed by atoms with E-state index in [9.17, 15) is 17.6 Å². The molecule has 0 spiro atoms. The maximum absolute atomic E-state index is 13.2. The van der Waals surface area contributed by atoms with Gasteiger partial charge >= 0.3 is 0 Å². The van der Waals surface area contributed by atoms with Crippen LogP contribution in [0.5, 0.6) is 5.75 Å². The van der Waals surface area contributed by atoms with E-state index in [1.807, 2.05) is 0 Å². The molecule has 2 aromatic carbocycles. The number of aromatic nitrogens is 2. The summed E-state index contributed by atoms with van der Waals surface area (Å²) < 4.78 is 45.5. The van der Waals surface area contributed by atoms with Crippen LogP contribution in [0, 0.1) is 5.82 Å². The van der Waals surface area contributed by atoms with Crippen LogP contribution < -0.4 is 10.1 Å². The molecule has 32 heavy (non-hydrogen) atoms. The second kappa shape index (κ2) is 9.09. The van der Waals surface area contributed by atoms with Gasteiger partial charge in [0.15, 0.2) is 0 Å². The largest absolute Gasteiger partial charge is 0.497 e. The van der Waals surface area contributed by atoms with Crippen molar-refractivity contribution in [2.24, 2.45) is 0 Å². The number of carbonyl (C=O) groups is 1. The van der Waals surface area contributed by atoms with Crippen LogP contribution in [0.15, 0.2) is 59.6 Å². The van der Waals surface area contributed by atoms with E-state index in [-0.39, 0.29) is 22.7 Å². The zero-order valence-electron chi connectivity index (χ0n) is 17.4. The molecule has 0 aliphatic carbocycles. The number of amides is 1. The number of hydrogen-bond donors (Lipinski definition) is 2. The van der Waals surface area contributed by atoms with Crippen LogP contribution in [0.25, 0.3) is 11.3 Å². The van der Waals surface area contributed by atoms with Gasteiger partial charge in [0.25, 0.3) is 5.91 Å². The average Bonchev–Trinajstić information content (AvgIpc) is 3.30. The maximum atomic E-state index is 13.2. The van der Waals surface area contributed by atoms with Crippen molar-refractivity contribution in [3.8, 4) is 17.0 Å². The number of nitrogens with one attached hydrogen (secondary N) is 2. The fourth-order valence-corrected chi connectivity index (χ4v) is 5.17. The van der Waals surface area contributed by atoms with Crippen molar-refractivity contribution in [3.63, 3.8) is 0 Å². The first-order valence-corrected chi connectivity index (χ1v) is 11.6. The van der Waals surface area contributed by atoms with Crippen LogP contribution in [-0.2, 0) is 10.0 Å². The normalized spacial score (nSPS) is 15.4. The predicted octanol–water partition coefficient (Wildman–Crippen LogP) is 2.81. The molecule has 1 aliphatic heterocycles. The molecule has 0 unspecified atom stereocenters. The molecular formula is C22H23FN4O4S. The number of piperidine rings is 1. The first-order chi connectivity index (χ1) is 15.4. The number of methoxy groups -OCH3 is 1. The topological polar surface area (TPSA) is 104 Å². The summed E-state index contributed by atoms with van der Waals surface area (Å²) >= 11 is 0. The lowest BCUT2D eigenvalue weighted by molar-refractivity contribution is 0.0924. The monoisotopic (exact) mass is 458 g/mol. The average molecular weight is 459 g/mol. The quantitative estimate of drug-likeness (QED) is 0.591. The second-order valence-electron chi connectivity index (χ2n) is 7.49. The van der Waals surface area contributed by atoms with Crippen LogP contribution in [-0.4, -0.2) is 55.1 Å². The third kappa shape index (κ3) is 4.51. The summed E-state index contributed by atoms with van der Waals surface area (Å²) in [5, 5.41) is 9.69. The number of hydrogen-bond acceptors (Lipinski definition) is 5. The van der Waals surface area contributed by atoms with Crippen LogP contribution >= 0.6 is 0 Å². The van der Waals surface area contributed by atoms with Gasteiger partial charge in [0.05, 0.1) is 29.5 Å². The summed E-state index contributed by atoms with van der Waals surface area (Å²) in [6, 6.07) is 11.9. The minimum atomic E-state index is -3.61. The third-order valence-corrected chi connectivity index (χ3v) is 7.42. The lowest BCUT2D eigenvalue weighted by Crippen LogP contribution is -2.46. The van der Waals surface area contributed by atoms with E-state index in [2.05, 4.69) is 15.5 Å². The summed E-state index contributed by atoms with van der Waals surface area (Å²) in [7, 11) is -2.09. The van der Waals surface area contributed by atoms with Crippen molar-refractivity contribution in [1.29, 1.82) is 0 Å². The summed E-state index contributed by atoms with van der Waals surface area (Å²) in [6.07, 6.45) is 2.41. The van der Waals surface area contributed by atoms with Gasteiger partial charge < -0.3 is 10.1 Å². The molecule has 2 N–H and O–H groups in total. The molecule has 0 saturated carbocycles. The van der Waals surface area contributed by atoms with Gasteiger partial charge in [-0.25, -0.2) is 12.8 Å². The third-order valence-electron chi connectivity index (χ3n) is 5.50. The van der Waals surface area contributed by atoms with Gasteiger partial charge in [-0.05, 0) is 61.4 Å². The van der Waals surface area contributed by atoms with Crippen molar-refractivity contribution < 1.29 is 22.3 Å². The van der Waals surface area contributed by atoms with Gasteiger partial charge in [0.1, 0.15) is 11.6 Å². The summed E-state index contributed by atoms with van der Waals surface area (Å²) in [4.78, 5) is 13.0. The first kappa shape index (κ1) is 22.0. The highest BCUT2D eigenvalue weighted by molar-refractivity contribution is 7.89. The Balaban J connectivity index is 1.39. The molecule has 0 radical (unpaired) electrons. The highest BCUT2D eigenvalue weighted by atomic mass is 32.2. The molecule has 168 valence electrons. The van der Waals surface area contributed by atoms with E-state index in [4.69, 9.17) is 4.74 Å². The van der Waals surface area contributed by atoms with Crippen LogP contribution in [0.2, 0.25) is 0 Å². The molecule has 4 rings (SSSR count). The minimum Gasteiger partial charge on any atom is -0.497 e. The lowest BCUT2D eigenvalue weighted by Gasteiger charge is -2.31. The second-order valence-corrected chi connectivity index (χ2v) is 9.43. The van der Waals surface area contributed by atoms with E-state index >= 15 is 0 Å². The van der Waals surface area contributed by atoms with Gasteiger partial charge in [-0.1, -0.05) is 0 Å². The van der Waals surface area contributed by atoms with E-state index in [0.29, 0.717) is 48.5 Å². The van der Waals surface area contributed by atoms with Gasteiger partial charge in [0, 0.05) is 24.7 Å². The van der Waals surface area contributed by atoms with Crippen LogP contribution in [0.3, 0.4) is 0 Å². The Morgan fingerprint density at radius 1 is 1.12 bits per heavy atom. The highest BCUT2D eigenvalue weighted by Gasteiger charge is 2.30. The van der Waals surface area contributed by atoms with E-state index in [1.165, 1.54) is 41.9 Å².